The number of halogens is 3. The second-order valence-corrected chi connectivity index (χ2v) is 5.23. The van der Waals surface area contributed by atoms with E-state index < -0.39 is 0 Å². The zero-order valence-electron chi connectivity index (χ0n) is 10.2. The maximum Gasteiger partial charge on any atom is 0.187 e. The Kier molecular flexibility index (Phi) is 5.07. The van der Waals surface area contributed by atoms with Gasteiger partial charge in [0.15, 0.2) is 5.78 Å². The number of nitrogens with one attached hydrogen (secondary N) is 1. The molecule has 2 rings (SSSR count). The molecule has 0 bridgehead atoms. The van der Waals surface area contributed by atoms with Crippen molar-refractivity contribution in [3.8, 4) is 0 Å². The van der Waals surface area contributed by atoms with Crippen molar-refractivity contribution < 1.29 is 4.79 Å². The highest BCUT2D eigenvalue weighted by Crippen LogP contribution is 2.23. The van der Waals surface area contributed by atoms with Gasteiger partial charge in [-0.05, 0) is 36.4 Å². The summed E-state index contributed by atoms with van der Waals surface area (Å²) in [5.74, 6) is -0.168. The van der Waals surface area contributed by atoms with Crippen molar-refractivity contribution in [1.82, 2.24) is 0 Å². The maximum atomic E-state index is 11.9. The van der Waals surface area contributed by atoms with Crippen molar-refractivity contribution in [2.75, 3.05) is 5.32 Å². The SMILES string of the molecule is O=C(C=CNc1cccc(Cl)c1)c1ccc(Cl)c(Cl)c1. The number of ketones is 1. The van der Waals surface area contributed by atoms with Crippen LogP contribution in [-0.4, -0.2) is 5.78 Å². The number of allylic oxidation sites excluding steroid dienone is 1. The van der Waals surface area contributed by atoms with Crippen LogP contribution in [-0.2, 0) is 0 Å². The van der Waals surface area contributed by atoms with Gasteiger partial charge in [-0.2, -0.15) is 0 Å². The van der Waals surface area contributed by atoms with Crippen LogP contribution in [0, 0.1) is 0 Å². The zero-order valence-corrected chi connectivity index (χ0v) is 12.5. The van der Waals surface area contributed by atoms with Crippen LogP contribution in [0.3, 0.4) is 0 Å². The van der Waals surface area contributed by atoms with Crippen LogP contribution in [0.4, 0.5) is 5.69 Å². The van der Waals surface area contributed by atoms with Gasteiger partial charge >= 0.3 is 0 Å². The fourth-order valence-corrected chi connectivity index (χ4v) is 2.03. The molecule has 102 valence electrons. The molecule has 0 aliphatic heterocycles. The highest BCUT2D eigenvalue weighted by molar-refractivity contribution is 6.42. The van der Waals surface area contributed by atoms with E-state index in [2.05, 4.69) is 5.32 Å². The highest BCUT2D eigenvalue weighted by atomic mass is 35.5. The average molecular weight is 327 g/mol. The Morgan fingerprint density at radius 1 is 1.00 bits per heavy atom. The number of carbonyl (C=O) groups excluding carboxylic acids is 1. The first kappa shape index (κ1) is 14.9. The summed E-state index contributed by atoms with van der Waals surface area (Å²) in [6, 6.07) is 12.0. The van der Waals surface area contributed by atoms with E-state index in [4.69, 9.17) is 34.8 Å². The Morgan fingerprint density at radius 3 is 2.50 bits per heavy atom. The van der Waals surface area contributed by atoms with Crippen molar-refractivity contribution >= 4 is 46.3 Å². The predicted molar refractivity (Wildman–Crippen MR) is 85.0 cm³/mol. The fourth-order valence-electron chi connectivity index (χ4n) is 1.54. The van der Waals surface area contributed by atoms with Crippen molar-refractivity contribution in [2.24, 2.45) is 0 Å². The lowest BCUT2D eigenvalue weighted by Gasteiger charge is -2.01. The van der Waals surface area contributed by atoms with E-state index in [0.717, 1.165) is 5.69 Å². The van der Waals surface area contributed by atoms with E-state index in [1.807, 2.05) is 12.1 Å². The third-order valence-electron chi connectivity index (χ3n) is 2.51. The van der Waals surface area contributed by atoms with Gasteiger partial charge in [0, 0.05) is 28.5 Å². The molecule has 0 unspecified atom stereocenters. The Bertz CT molecular complexity index is 668. The summed E-state index contributed by atoms with van der Waals surface area (Å²) in [6.45, 7) is 0. The maximum absolute atomic E-state index is 11.9. The molecule has 0 aliphatic rings. The summed E-state index contributed by atoms with van der Waals surface area (Å²) in [4.78, 5) is 11.9. The van der Waals surface area contributed by atoms with E-state index in [1.165, 1.54) is 12.1 Å². The van der Waals surface area contributed by atoms with Gasteiger partial charge in [-0.1, -0.05) is 40.9 Å². The number of benzene rings is 2. The third-order valence-corrected chi connectivity index (χ3v) is 3.49. The van der Waals surface area contributed by atoms with Crippen molar-refractivity contribution in [3.05, 3.63) is 75.4 Å². The molecule has 0 saturated carbocycles. The van der Waals surface area contributed by atoms with E-state index in [0.29, 0.717) is 20.6 Å². The monoisotopic (exact) mass is 325 g/mol. The van der Waals surface area contributed by atoms with Crippen LogP contribution in [0.2, 0.25) is 15.1 Å². The van der Waals surface area contributed by atoms with Crippen LogP contribution in [0.1, 0.15) is 10.4 Å². The number of hydrogen-bond acceptors (Lipinski definition) is 2. The van der Waals surface area contributed by atoms with E-state index in [-0.39, 0.29) is 5.78 Å². The molecule has 2 aromatic carbocycles. The molecule has 0 heterocycles. The van der Waals surface area contributed by atoms with Crippen LogP contribution in [0.5, 0.6) is 0 Å². The van der Waals surface area contributed by atoms with Gasteiger partial charge in [0.2, 0.25) is 0 Å². The lowest BCUT2D eigenvalue weighted by Crippen LogP contribution is -1.96. The molecule has 5 heteroatoms. The van der Waals surface area contributed by atoms with Crippen LogP contribution in [0.25, 0.3) is 0 Å². The van der Waals surface area contributed by atoms with Crippen LogP contribution >= 0.6 is 34.8 Å². The molecule has 0 spiro atoms. The molecular weight excluding hydrogens is 317 g/mol. The van der Waals surface area contributed by atoms with Gasteiger partial charge in [-0.15, -0.1) is 0 Å². The lowest BCUT2D eigenvalue weighted by atomic mass is 10.1. The smallest absolute Gasteiger partial charge is 0.187 e. The van der Waals surface area contributed by atoms with Gasteiger partial charge in [-0.25, -0.2) is 0 Å². The molecular formula is C15H10Cl3NO. The highest BCUT2D eigenvalue weighted by Gasteiger charge is 2.04. The Labute approximate surface area is 132 Å². The van der Waals surface area contributed by atoms with Gasteiger partial charge in [0.25, 0.3) is 0 Å². The Balaban J connectivity index is 2.04. The standard InChI is InChI=1S/C15H10Cl3NO/c16-11-2-1-3-12(9-11)19-7-6-15(20)10-4-5-13(17)14(18)8-10/h1-9,19H. The van der Waals surface area contributed by atoms with Gasteiger partial charge in [0.1, 0.15) is 0 Å². The molecule has 0 aliphatic carbocycles. The predicted octanol–water partition coefficient (Wildman–Crippen LogP) is 5.46. The number of rotatable bonds is 4. The topological polar surface area (TPSA) is 29.1 Å². The molecule has 0 amide bonds. The first-order chi connectivity index (χ1) is 9.56. The van der Waals surface area contributed by atoms with Gasteiger partial charge in [0.05, 0.1) is 10.0 Å². The third kappa shape index (κ3) is 4.01. The first-order valence-corrected chi connectivity index (χ1v) is 6.88. The average Bonchev–Trinajstić information content (AvgIpc) is 2.42. The molecule has 2 aromatic rings. The summed E-state index contributed by atoms with van der Waals surface area (Å²) in [7, 11) is 0. The first-order valence-electron chi connectivity index (χ1n) is 5.74. The van der Waals surface area contributed by atoms with Crippen LogP contribution < -0.4 is 5.32 Å². The molecule has 2 nitrogen and oxygen atoms in total. The molecule has 0 radical (unpaired) electrons. The summed E-state index contributed by atoms with van der Waals surface area (Å²) in [5.41, 5.74) is 1.28. The zero-order chi connectivity index (χ0) is 14.5. The second-order valence-electron chi connectivity index (χ2n) is 3.98. The second kappa shape index (κ2) is 6.80. The Hall–Kier alpha value is -1.48. The summed E-state index contributed by atoms with van der Waals surface area (Å²) in [6.07, 6.45) is 2.97. The molecule has 0 aromatic heterocycles. The van der Waals surface area contributed by atoms with E-state index >= 15 is 0 Å². The normalized spacial score (nSPS) is 10.8. The minimum Gasteiger partial charge on any atom is -0.362 e. The molecule has 0 fully saturated rings. The molecule has 0 saturated heterocycles. The van der Waals surface area contributed by atoms with Crippen molar-refractivity contribution in [2.45, 2.75) is 0 Å². The molecule has 1 N–H and O–H groups in total. The quantitative estimate of drug-likeness (QED) is 0.597. The summed E-state index contributed by atoms with van der Waals surface area (Å²) < 4.78 is 0. The number of hydrogen-bond donors (Lipinski definition) is 1. The number of anilines is 1. The lowest BCUT2D eigenvalue weighted by molar-refractivity contribution is 0.104. The minimum absolute atomic E-state index is 0.168. The minimum atomic E-state index is -0.168. The Morgan fingerprint density at radius 2 is 1.80 bits per heavy atom. The van der Waals surface area contributed by atoms with Crippen molar-refractivity contribution in [3.63, 3.8) is 0 Å². The largest absolute Gasteiger partial charge is 0.362 e. The van der Waals surface area contributed by atoms with Crippen molar-refractivity contribution in [1.29, 1.82) is 0 Å². The van der Waals surface area contributed by atoms with E-state index in [9.17, 15) is 4.79 Å². The van der Waals surface area contributed by atoms with Gasteiger partial charge in [-0.3, -0.25) is 4.79 Å². The van der Waals surface area contributed by atoms with E-state index in [1.54, 1.807) is 30.5 Å². The van der Waals surface area contributed by atoms with Gasteiger partial charge < -0.3 is 5.32 Å². The summed E-state index contributed by atoms with van der Waals surface area (Å²) in [5, 5.41) is 4.37. The molecule has 20 heavy (non-hydrogen) atoms. The fraction of sp³-hybridized carbons (Fsp3) is 0. The van der Waals surface area contributed by atoms with Crippen LogP contribution in [0.15, 0.2) is 54.7 Å². The number of carbonyl (C=O) groups is 1. The summed E-state index contributed by atoms with van der Waals surface area (Å²) >= 11 is 17.5. The molecule has 0 atom stereocenters.